The van der Waals surface area contributed by atoms with Gasteiger partial charge in [0.1, 0.15) is 11.5 Å². The second kappa shape index (κ2) is 8.35. The van der Waals surface area contributed by atoms with E-state index in [1.807, 2.05) is 32.2 Å². The van der Waals surface area contributed by atoms with Crippen molar-refractivity contribution in [2.45, 2.75) is 20.4 Å². The molecule has 3 N–H and O–H groups in total. The molecule has 0 saturated carbocycles. The summed E-state index contributed by atoms with van der Waals surface area (Å²) in [4.78, 5) is 34.9. The Kier molecular flexibility index (Phi) is 5.14. The van der Waals surface area contributed by atoms with Crippen molar-refractivity contribution in [3.63, 3.8) is 0 Å². The number of aryl methyl sites for hydroxylation is 2. The number of nitrogens with zero attached hydrogens (tertiary/aromatic N) is 5. The monoisotopic (exact) mass is 468 g/mol. The number of piperazine rings is 1. The number of rotatable bonds is 4. The lowest BCUT2D eigenvalue weighted by molar-refractivity contribution is 0.0966. The molecule has 0 unspecified atom stereocenters. The summed E-state index contributed by atoms with van der Waals surface area (Å²) in [6, 6.07) is 8.09. The molecule has 0 bridgehead atoms. The van der Waals surface area contributed by atoms with Gasteiger partial charge in [-0.1, -0.05) is 0 Å². The fourth-order valence-electron chi connectivity index (χ4n) is 5.00. The maximum Gasteiger partial charge on any atom is 0.254 e. The van der Waals surface area contributed by atoms with Gasteiger partial charge >= 0.3 is 0 Å². The molecule has 178 valence electrons. The van der Waals surface area contributed by atoms with Gasteiger partial charge in [0.25, 0.3) is 5.91 Å². The predicted molar refractivity (Wildman–Crippen MR) is 137 cm³/mol. The molecule has 2 aliphatic heterocycles. The Balaban J connectivity index is 1.33. The maximum atomic E-state index is 12.8. The number of H-pyrrole nitrogens is 1. The molecule has 1 saturated heterocycles. The lowest BCUT2D eigenvalue weighted by Gasteiger charge is -2.33. The molecule has 6 heterocycles. The summed E-state index contributed by atoms with van der Waals surface area (Å²) in [5, 5.41) is 7.30. The SMILES string of the molecule is Cc1ccc2c(-c3ncc(Nc4ccc(N5CCN(C)CC5)cn4)c4c3CNC4=O)c(C)[nH]c2n1. The molecular formula is C26H28N8O. The number of hydrogen-bond donors (Lipinski definition) is 3. The average Bonchev–Trinajstić information content (AvgIpc) is 3.40. The molecule has 6 rings (SSSR count). The topological polar surface area (TPSA) is 102 Å². The van der Waals surface area contributed by atoms with Crippen molar-refractivity contribution < 1.29 is 4.79 Å². The Bertz CT molecular complexity index is 1430. The Morgan fingerprint density at radius 3 is 2.57 bits per heavy atom. The minimum atomic E-state index is -0.105. The van der Waals surface area contributed by atoms with Crippen LogP contribution in [-0.2, 0) is 6.54 Å². The van der Waals surface area contributed by atoms with Crippen LogP contribution in [0, 0.1) is 13.8 Å². The van der Waals surface area contributed by atoms with Gasteiger partial charge in [-0.05, 0) is 45.2 Å². The molecule has 4 aromatic rings. The molecule has 0 aromatic carbocycles. The molecule has 35 heavy (non-hydrogen) atoms. The van der Waals surface area contributed by atoms with Crippen LogP contribution in [0.15, 0.2) is 36.7 Å². The first kappa shape index (κ1) is 21.5. The van der Waals surface area contributed by atoms with E-state index in [4.69, 9.17) is 4.98 Å². The third-order valence-electron chi connectivity index (χ3n) is 6.93. The van der Waals surface area contributed by atoms with Crippen LogP contribution >= 0.6 is 0 Å². The predicted octanol–water partition coefficient (Wildman–Crippen LogP) is 3.38. The Morgan fingerprint density at radius 1 is 0.971 bits per heavy atom. The highest BCUT2D eigenvalue weighted by atomic mass is 16.1. The normalized spacial score (nSPS) is 16.0. The molecule has 0 radical (unpaired) electrons. The van der Waals surface area contributed by atoms with Gasteiger partial charge in [0.05, 0.1) is 35.0 Å². The zero-order valence-electron chi connectivity index (χ0n) is 20.1. The largest absolute Gasteiger partial charge is 0.368 e. The summed E-state index contributed by atoms with van der Waals surface area (Å²) in [6.45, 7) is 8.50. The number of aromatic nitrogens is 4. The summed E-state index contributed by atoms with van der Waals surface area (Å²) in [5.41, 5.74) is 7.83. The van der Waals surface area contributed by atoms with Crippen molar-refractivity contribution in [3.8, 4) is 11.3 Å². The molecule has 0 atom stereocenters. The van der Waals surface area contributed by atoms with Gasteiger partial charge in [0.2, 0.25) is 0 Å². The van der Waals surface area contributed by atoms with Crippen LogP contribution in [0.25, 0.3) is 22.3 Å². The van der Waals surface area contributed by atoms with Gasteiger partial charge < -0.3 is 25.4 Å². The van der Waals surface area contributed by atoms with Gasteiger partial charge in [0, 0.05) is 60.6 Å². The second-order valence-electron chi connectivity index (χ2n) is 9.35. The average molecular weight is 469 g/mol. The molecular weight excluding hydrogens is 440 g/mol. The van der Waals surface area contributed by atoms with E-state index in [0.717, 1.165) is 71.1 Å². The van der Waals surface area contributed by atoms with Gasteiger partial charge in [-0.25, -0.2) is 9.97 Å². The fraction of sp³-hybridized carbons (Fsp3) is 0.308. The van der Waals surface area contributed by atoms with E-state index in [0.29, 0.717) is 23.6 Å². The molecule has 9 heteroatoms. The van der Waals surface area contributed by atoms with Crippen LogP contribution < -0.4 is 15.5 Å². The third-order valence-corrected chi connectivity index (χ3v) is 6.93. The van der Waals surface area contributed by atoms with Gasteiger partial charge in [-0.3, -0.25) is 9.78 Å². The van der Waals surface area contributed by atoms with E-state index in [1.54, 1.807) is 6.20 Å². The van der Waals surface area contributed by atoms with Gasteiger partial charge in [-0.15, -0.1) is 0 Å². The number of anilines is 3. The van der Waals surface area contributed by atoms with E-state index in [-0.39, 0.29) is 5.91 Å². The third kappa shape index (κ3) is 3.77. The highest BCUT2D eigenvalue weighted by Crippen LogP contribution is 2.37. The molecule has 1 fully saturated rings. The fourth-order valence-corrected chi connectivity index (χ4v) is 5.00. The summed E-state index contributed by atoms with van der Waals surface area (Å²) >= 11 is 0. The number of fused-ring (bicyclic) bond motifs is 2. The van der Waals surface area contributed by atoms with Gasteiger partial charge in [-0.2, -0.15) is 0 Å². The highest BCUT2D eigenvalue weighted by Gasteiger charge is 2.29. The number of nitrogens with one attached hydrogen (secondary N) is 3. The summed E-state index contributed by atoms with van der Waals surface area (Å²) in [5.74, 6) is 0.578. The molecule has 0 spiro atoms. The first-order valence-corrected chi connectivity index (χ1v) is 11.9. The molecule has 0 aliphatic carbocycles. The Labute approximate surface area is 203 Å². The van der Waals surface area contributed by atoms with E-state index in [9.17, 15) is 4.79 Å². The Hall–Kier alpha value is -3.98. The molecule has 1 amide bonds. The number of hydrogen-bond acceptors (Lipinski definition) is 7. The van der Waals surface area contributed by atoms with Crippen molar-refractivity contribution in [2.24, 2.45) is 0 Å². The van der Waals surface area contributed by atoms with E-state index in [1.165, 1.54) is 0 Å². The smallest absolute Gasteiger partial charge is 0.254 e. The van der Waals surface area contributed by atoms with Crippen molar-refractivity contribution >= 4 is 34.1 Å². The van der Waals surface area contributed by atoms with E-state index < -0.39 is 0 Å². The zero-order chi connectivity index (χ0) is 24.1. The van der Waals surface area contributed by atoms with Crippen LogP contribution in [0.1, 0.15) is 27.3 Å². The first-order valence-electron chi connectivity index (χ1n) is 11.9. The quantitative estimate of drug-likeness (QED) is 0.422. The van der Waals surface area contributed by atoms with Crippen molar-refractivity contribution in [1.82, 2.24) is 30.2 Å². The lowest BCUT2D eigenvalue weighted by atomic mass is 9.99. The molecule has 9 nitrogen and oxygen atoms in total. The summed E-state index contributed by atoms with van der Waals surface area (Å²) in [6.07, 6.45) is 3.62. The number of carbonyl (C=O) groups is 1. The second-order valence-corrected chi connectivity index (χ2v) is 9.35. The summed E-state index contributed by atoms with van der Waals surface area (Å²) < 4.78 is 0. The van der Waals surface area contributed by atoms with E-state index in [2.05, 4.69) is 54.6 Å². The minimum absolute atomic E-state index is 0.105. The summed E-state index contributed by atoms with van der Waals surface area (Å²) in [7, 11) is 2.15. The van der Waals surface area contributed by atoms with Crippen molar-refractivity contribution in [1.29, 1.82) is 0 Å². The number of carbonyl (C=O) groups excluding carboxylic acids is 1. The number of amides is 1. The van der Waals surface area contributed by atoms with Crippen LogP contribution in [-0.4, -0.2) is 64.0 Å². The van der Waals surface area contributed by atoms with E-state index >= 15 is 0 Å². The van der Waals surface area contributed by atoms with Crippen LogP contribution in [0.5, 0.6) is 0 Å². The maximum absolute atomic E-state index is 12.8. The van der Waals surface area contributed by atoms with Crippen molar-refractivity contribution in [3.05, 3.63) is 59.2 Å². The molecule has 4 aromatic heterocycles. The number of aromatic amines is 1. The standard InChI is InChI=1S/C26H28N8O/c1-15-4-6-18-22(16(2)31-25(18)30-15)24-19-13-29-26(35)23(19)20(14-28-24)32-21-7-5-17(12-27-21)34-10-8-33(3)9-11-34/h4-7,12,14H,8-11,13H2,1-3H3,(H,27,32)(H,29,35)(H,30,31). The van der Waals surface area contributed by atoms with Gasteiger partial charge in [0.15, 0.2) is 0 Å². The first-order chi connectivity index (χ1) is 17.0. The highest BCUT2D eigenvalue weighted by molar-refractivity contribution is 6.07. The zero-order valence-corrected chi connectivity index (χ0v) is 20.1. The number of pyridine rings is 3. The number of likely N-dealkylation sites (N-methyl/N-ethyl adjacent to an activating group) is 1. The minimum Gasteiger partial charge on any atom is -0.368 e. The van der Waals surface area contributed by atoms with Crippen molar-refractivity contribution in [2.75, 3.05) is 43.4 Å². The van der Waals surface area contributed by atoms with Crippen LogP contribution in [0.2, 0.25) is 0 Å². The van der Waals surface area contributed by atoms with Crippen LogP contribution in [0.3, 0.4) is 0 Å². The van der Waals surface area contributed by atoms with Crippen LogP contribution in [0.4, 0.5) is 17.2 Å². The Morgan fingerprint density at radius 2 is 1.80 bits per heavy atom. The lowest BCUT2D eigenvalue weighted by Crippen LogP contribution is -2.44. The molecule has 2 aliphatic rings.